The first-order valence-corrected chi connectivity index (χ1v) is 9.77. The number of halogens is 1. The van der Waals surface area contributed by atoms with E-state index in [9.17, 15) is 9.18 Å². The normalized spacial score (nSPS) is 11.0. The van der Waals surface area contributed by atoms with E-state index in [1.807, 2.05) is 65.2 Å². The molecule has 0 radical (unpaired) electrons. The molecule has 0 saturated heterocycles. The number of aromatic nitrogens is 4. The van der Waals surface area contributed by atoms with Gasteiger partial charge in [0.1, 0.15) is 24.0 Å². The van der Waals surface area contributed by atoms with Crippen molar-refractivity contribution in [1.82, 2.24) is 19.3 Å². The van der Waals surface area contributed by atoms with Crippen LogP contribution in [0.5, 0.6) is 0 Å². The molecule has 152 valence electrons. The molecule has 7 heteroatoms. The van der Waals surface area contributed by atoms with Gasteiger partial charge in [0.05, 0.1) is 0 Å². The van der Waals surface area contributed by atoms with Crippen LogP contribution in [0.1, 0.15) is 16.1 Å². The average Bonchev–Trinajstić information content (AvgIpc) is 3.43. The number of hydrogen-bond acceptors (Lipinski definition) is 3. The van der Waals surface area contributed by atoms with Gasteiger partial charge in [-0.15, -0.1) is 0 Å². The first-order valence-electron chi connectivity index (χ1n) is 9.77. The smallest absolute Gasteiger partial charge is 0.272 e. The van der Waals surface area contributed by atoms with Gasteiger partial charge in [0.2, 0.25) is 0 Å². The highest BCUT2D eigenvalue weighted by Gasteiger charge is 2.17. The molecule has 2 heterocycles. The van der Waals surface area contributed by atoms with Crippen molar-refractivity contribution in [2.45, 2.75) is 6.54 Å². The van der Waals surface area contributed by atoms with E-state index in [1.165, 1.54) is 23.4 Å². The minimum Gasteiger partial charge on any atom is -0.332 e. The van der Waals surface area contributed by atoms with Crippen LogP contribution >= 0.6 is 0 Å². The van der Waals surface area contributed by atoms with Gasteiger partial charge >= 0.3 is 0 Å². The van der Waals surface area contributed by atoms with Crippen molar-refractivity contribution in [3.63, 3.8) is 0 Å². The fraction of sp³-hybridized carbons (Fsp3) is 0.0417. The van der Waals surface area contributed by atoms with E-state index in [0.717, 1.165) is 16.5 Å². The van der Waals surface area contributed by atoms with Crippen LogP contribution < -0.4 is 5.32 Å². The molecule has 3 aromatic carbocycles. The zero-order chi connectivity index (χ0) is 21.2. The van der Waals surface area contributed by atoms with E-state index in [2.05, 4.69) is 15.4 Å². The Balaban J connectivity index is 1.47. The highest BCUT2D eigenvalue weighted by molar-refractivity contribution is 6.06. The van der Waals surface area contributed by atoms with Gasteiger partial charge in [0, 0.05) is 23.1 Å². The Hall–Kier alpha value is -4.26. The standard InChI is InChI=1S/C24H18FN5O/c25-20-13-19(10-11-22(20)30-16-26-15-27-30)28-24(31)23-12-18-8-4-5-9-21(18)29(23)14-17-6-2-1-3-7-17/h1-13,15-16H,14H2,(H,28,31). The molecule has 0 saturated carbocycles. The summed E-state index contributed by atoms with van der Waals surface area (Å²) in [5.41, 5.74) is 3.17. The number of carbonyl (C=O) groups is 1. The summed E-state index contributed by atoms with van der Waals surface area (Å²) in [5.74, 6) is -0.812. The van der Waals surface area contributed by atoms with Gasteiger partial charge in [-0.2, -0.15) is 5.10 Å². The Morgan fingerprint density at radius 1 is 0.968 bits per heavy atom. The second-order valence-corrected chi connectivity index (χ2v) is 7.12. The van der Waals surface area contributed by atoms with Crippen molar-refractivity contribution in [2.75, 3.05) is 5.32 Å². The van der Waals surface area contributed by atoms with Crippen LogP contribution in [0.4, 0.5) is 10.1 Å². The molecular formula is C24H18FN5O. The molecule has 0 aliphatic heterocycles. The summed E-state index contributed by atoms with van der Waals surface area (Å²) in [4.78, 5) is 17.0. The molecule has 1 amide bonds. The number of rotatable bonds is 5. The van der Waals surface area contributed by atoms with E-state index < -0.39 is 5.82 Å². The molecule has 5 rings (SSSR count). The quantitative estimate of drug-likeness (QED) is 0.457. The van der Waals surface area contributed by atoms with Crippen LogP contribution in [-0.4, -0.2) is 25.2 Å². The lowest BCUT2D eigenvalue weighted by molar-refractivity contribution is 0.101. The lowest BCUT2D eigenvalue weighted by atomic mass is 10.2. The Morgan fingerprint density at radius 3 is 2.55 bits per heavy atom. The number of benzene rings is 3. The number of para-hydroxylation sites is 1. The van der Waals surface area contributed by atoms with Crippen molar-refractivity contribution in [2.24, 2.45) is 0 Å². The summed E-state index contributed by atoms with van der Waals surface area (Å²) in [6.07, 6.45) is 2.75. The van der Waals surface area contributed by atoms with E-state index in [1.54, 1.807) is 12.1 Å². The van der Waals surface area contributed by atoms with E-state index >= 15 is 0 Å². The Kier molecular flexibility index (Phi) is 4.76. The zero-order valence-electron chi connectivity index (χ0n) is 16.4. The molecule has 6 nitrogen and oxygen atoms in total. The van der Waals surface area contributed by atoms with E-state index in [-0.39, 0.29) is 11.6 Å². The minimum absolute atomic E-state index is 0.258. The van der Waals surface area contributed by atoms with Crippen molar-refractivity contribution in [1.29, 1.82) is 0 Å². The second-order valence-electron chi connectivity index (χ2n) is 7.12. The van der Waals surface area contributed by atoms with Crippen LogP contribution in [0.2, 0.25) is 0 Å². The monoisotopic (exact) mass is 411 g/mol. The third-order valence-electron chi connectivity index (χ3n) is 5.10. The Labute approximate surface area is 177 Å². The fourth-order valence-corrected chi connectivity index (χ4v) is 3.63. The molecular weight excluding hydrogens is 393 g/mol. The molecule has 5 aromatic rings. The Morgan fingerprint density at radius 2 is 1.77 bits per heavy atom. The molecule has 2 aromatic heterocycles. The number of hydrogen-bond donors (Lipinski definition) is 1. The maximum absolute atomic E-state index is 14.6. The number of amides is 1. The molecule has 0 spiro atoms. The topological polar surface area (TPSA) is 64.7 Å². The predicted molar refractivity (Wildman–Crippen MR) is 117 cm³/mol. The molecule has 0 aliphatic rings. The van der Waals surface area contributed by atoms with Crippen molar-refractivity contribution >= 4 is 22.5 Å². The molecule has 0 fully saturated rings. The van der Waals surface area contributed by atoms with Crippen molar-refractivity contribution < 1.29 is 9.18 Å². The largest absolute Gasteiger partial charge is 0.332 e. The summed E-state index contributed by atoms with van der Waals surface area (Å²) < 4.78 is 17.9. The van der Waals surface area contributed by atoms with Gasteiger partial charge in [0.15, 0.2) is 5.82 Å². The molecule has 0 atom stereocenters. The van der Waals surface area contributed by atoms with Crippen LogP contribution in [0, 0.1) is 5.82 Å². The van der Waals surface area contributed by atoms with Crippen LogP contribution in [-0.2, 0) is 6.54 Å². The van der Waals surface area contributed by atoms with Crippen molar-refractivity contribution in [3.8, 4) is 5.69 Å². The van der Waals surface area contributed by atoms with Gasteiger partial charge in [-0.1, -0.05) is 48.5 Å². The second kappa shape index (κ2) is 7.87. The SMILES string of the molecule is O=C(Nc1ccc(-n2cncn2)c(F)c1)c1cc2ccccc2n1Cc1ccccc1. The molecule has 31 heavy (non-hydrogen) atoms. The summed E-state index contributed by atoms with van der Waals surface area (Å²) in [5, 5.41) is 7.72. The number of nitrogens with zero attached hydrogens (tertiary/aromatic N) is 4. The minimum atomic E-state index is -0.506. The highest BCUT2D eigenvalue weighted by atomic mass is 19.1. The highest BCUT2D eigenvalue weighted by Crippen LogP contribution is 2.23. The van der Waals surface area contributed by atoms with E-state index in [0.29, 0.717) is 17.9 Å². The third-order valence-corrected chi connectivity index (χ3v) is 5.10. The molecule has 0 bridgehead atoms. The third kappa shape index (κ3) is 3.69. The number of carbonyl (C=O) groups excluding carboxylic acids is 1. The predicted octanol–water partition coefficient (Wildman–Crippen LogP) is 4.66. The summed E-state index contributed by atoms with van der Waals surface area (Å²) in [6.45, 7) is 0.552. The summed E-state index contributed by atoms with van der Waals surface area (Å²) in [7, 11) is 0. The van der Waals surface area contributed by atoms with Crippen LogP contribution in [0.3, 0.4) is 0 Å². The number of anilines is 1. The van der Waals surface area contributed by atoms with Gasteiger partial charge in [-0.3, -0.25) is 4.79 Å². The fourth-order valence-electron chi connectivity index (χ4n) is 3.63. The zero-order valence-corrected chi connectivity index (χ0v) is 16.4. The first kappa shape index (κ1) is 18.7. The number of nitrogens with one attached hydrogen (secondary N) is 1. The molecule has 1 N–H and O–H groups in total. The maximum atomic E-state index is 14.6. The van der Waals surface area contributed by atoms with Crippen LogP contribution in [0.25, 0.3) is 16.6 Å². The van der Waals surface area contributed by atoms with Crippen molar-refractivity contribution in [3.05, 3.63) is 109 Å². The molecule has 0 unspecified atom stereocenters. The number of fused-ring (bicyclic) bond motifs is 1. The maximum Gasteiger partial charge on any atom is 0.272 e. The van der Waals surface area contributed by atoms with Gasteiger partial charge in [0.25, 0.3) is 5.91 Å². The lowest BCUT2D eigenvalue weighted by Gasteiger charge is -2.12. The van der Waals surface area contributed by atoms with E-state index in [4.69, 9.17) is 0 Å². The average molecular weight is 411 g/mol. The summed E-state index contributed by atoms with van der Waals surface area (Å²) >= 11 is 0. The van der Waals surface area contributed by atoms with Gasteiger partial charge in [-0.05, 0) is 35.9 Å². The lowest BCUT2D eigenvalue weighted by Crippen LogP contribution is -2.17. The Bertz CT molecular complexity index is 1360. The van der Waals surface area contributed by atoms with Gasteiger partial charge in [-0.25, -0.2) is 14.1 Å². The first-order chi connectivity index (χ1) is 15.2. The van der Waals surface area contributed by atoms with Crippen LogP contribution in [0.15, 0.2) is 91.5 Å². The summed E-state index contributed by atoms with van der Waals surface area (Å²) in [6, 6.07) is 24.1. The van der Waals surface area contributed by atoms with Gasteiger partial charge < -0.3 is 9.88 Å². The molecule has 0 aliphatic carbocycles.